The number of halogens is 3. The van der Waals surface area contributed by atoms with Crippen LogP contribution in [0.15, 0.2) is 72.8 Å². The Balaban J connectivity index is 0.000000374. The molecular weight excluding hydrogens is 536 g/mol. The van der Waals surface area contributed by atoms with Gasteiger partial charge in [-0.15, -0.1) is 0 Å². The number of nitrogens with one attached hydrogen (secondary N) is 2. The standard InChI is InChI=1S/C25H23N2O2PS.C2HF3O2/c31-30(27-16-19-8-5-15-26-19)28-22-13-11-17-6-1-3-9-20(17)24(22)25-21-10-4-2-7-18(21)12-14-23(25)29-30;3-2(4,5)1(6)7/h1-4,6-7,9-14,19,26H,5,8,15-16H2,(H,27,31);(H,6,7)/t19-;/m0./s1. The van der Waals surface area contributed by atoms with Crippen LogP contribution >= 0.6 is 6.64 Å². The molecule has 0 aliphatic carbocycles. The molecule has 4 aromatic rings. The third-order valence-electron chi connectivity index (χ3n) is 6.40. The number of hydrogen-bond donors (Lipinski definition) is 3. The van der Waals surface area contributed by atoms with Crippen molar-refractivity contribution in [3.05, 3.63) is 72.8 Å². The molecule has 1 fully saturated rings. The summed E-state index contributed by atoms with van der Waals surface area (Å²) in [6.07, 6.45) is -2.74. The van der Waals surface area contributed by atoms with E-state index in [-0.39, 0.29) is 0 Å². The highest BCUT2D eigenvalue weighted by Gasteiger charge is 2.38. The molecule has 1 atom stereocenters. The van der Waals surface area contributed by atoms with Gasteiger partial charge in [0.05, 0.1) is 0 Å². The van der Waals surface area contributed by atoms with E-state index >= 15 is 0 Å². The van der Waals surface area contributed by atoms with Gasteiger partial charge in [0, 0.05) is 35.5 Å². The lowest BCUT2D eigenvalue weighted by atomic mass is 9.92. The molecule has 0 aromatic heterocycles. The lowest BCUT2D eigenvalue weighted by Crippen LogP contribution is -2.34. The second kappa shape index (κ2) is 10.5. The number of benzene rings is 4. The van der Waals surface area contributed by atoms with Crippen LogP contribution in [0.4, 0.5) is 13.2 Å². The minimum atomic E-state index is -5.08. The molecule has 4 aromatic carbocycles. The van der Waals surface area contributed by atoms with Gasteiger partial charge in [0.1, 0.15) is 11.5 Å². The third-order valence-corrected chi connectivity index (χ3v) is 8.68. The summed E-state index contributed by atoms with van der Waals surface area (Å²) in [4.78, 5) is 8.90. The van der Waals surface area contributed by atoms with Gasteiger partial charge >= 0.3 is 18.8 Å². The van der Waals surface area contributed by atoms with Gasteiger partial charge in [-0.05, 0) is 53.1 Å². The first-order valence-corrected chi connectivity index (χ1v) is 14.6. The van der Waals surface area contributed by atoms with E-state index in [1.165, 1.54) is 17.2 Å². The number of carboxylic acids is 1. The van der Waals surface area contributed by atoms with E-state index in [2.05, 4.69) is 71.1 Å². The fourth-order valence-corrected chi connectivity index (χ4v) is 6.80. The zero-order valence-electron chi connectivity index (χ0n) is 20.0. The highest BCUT2D eigenvalue weighted by molar-refractivity contribution is 8.09. The van der Waals surface area contributed by atoms with Crippen LogP contribution in [-0.4, -0.2) is 36.4 Å². The Bertz CT molecular complexity index is 1470. The summed E-state index contributed by atoms with van der Waals surface area (Å²) in [6, 6.07) is 25.5. The number of rotatable bonds is 3. The summed E-state index contributed by atoms with van der Waals surface area (Å²) in [5.74, 6) is -1.19. The van der Waals surface area contributed by atoms with Crippen molar-refractivity contribution in [2.75, 3.05) is 13.1 Å². The maximum Gasteiger partial charge on any atom is 0.490 e. The molecule has 0 bridgehead atoms. The van der Waals surface area contributed by atoms with E-state index in [1.54, 1.807) is 0 Å². The number of aliphatic carboxylic acids is 1. The van der Waals surface area contributed by atoms with Crippen molar-refractivity contribution in [1.29, 1.82) is 0 Å². The van der Waals surface area contributed by atoms with Crippen molar-refractivity contribution >= 4 is 46.0 Å². The summed E-state index contributed by atoms with van der Waals surface area (Å²) < 4.78 is 44.8. The molecule has 2 aliphatic rings. The highest BCUT2D eigenvalue weighted by Crippen LogP contribution is 2.57. The van der Waals surface area contributed by atoms with Gasteiger partial charge in [0.25, 0.3) is 0 Å². The second-order valence-electron chi connectivity index (χ2n) is 8.96. The normalized spacial score (nSPS) is 17.8. The molecule has 0 unspecified atom stereocenters. The molecule has 11 heteroatoms. The second-order valence-corrected chi connectivity index (χ2v) is 12.1. The predicted octanol–water partition coefficient (Wildman–Crippen LogP) is 6.63. The average molecular weight is 561 g/mol. The zero-order valence-corrected chi connectivity index (χ0v) is 21.7. The van der Waals surface area contributed by atoms with E-state index < -0.39 is 18.8 Å². The smallest absolute Gasteiger partial charge is 0.475 e. The van der Waals surface area contributed by atoms with Gasteiger partial charge in [-0.3, -0.25) is 0 Å². The first kappa shape index (κ1) is 26.4. The van der Waals surface area contributed by atoms with Crippen LogP contribution in [0.3, 0.4) is 0 Å². The fraction of sp³-hybridized carbons (Fsp3) is 0.222. The zero-order chi connectivity index (χ0) is 26.9. The number of carboxylic acid groups (broad SMARTS) is 1. The summed E-state index contributed by atoms with van der Waals surface area (Å²) >= 11 is 6.00. The quantitative estimate of drug-likeness (QED) is 0.243. The van der Waals surface area contributed by atoms with Crippen LogP contribution in [0, 0.1) is 0 Å². The molecule has 0 saturated carbocycles. The molecule has 6 rings (SSSR count). The Morgan fingerprint density at radius 2 is 1.45 bits per heavy atom. The first-order valence-electron chi connectivity index (χ1n) is 12.0. The Morgan fingerprint density at radius 3 is 1.89 bits per heavy atom. The van der Waals surface area contributed by atoms with Crippen molar-refractivity contribution in [2.24, 2.45) is 0 Å². The van der Waals surface area contributed by atoms with Crippen molar-refractivity contribution in [2.45, 2.75) is 25.1 Å². The van der Waals surface area contributed by atoms with Crippen LogP contribution in [0.5, 0.6) is 11.5 Å². The first-order chi connectivity index (χ1) is 18.1. The fourth-order valence-electron chi connectivity index (χ4n) is 4.67. The van der Waals surface area contributed by atoms with E-state index in [0.717, 1.165) is 52.9 Å². The molecule has 0 amide bonds. The van der Waals surface area contributed by atoms with Crippen molar-refractivity contribution in [1.82, 2.24) is 10.4 Å². The lowest BCUT2D eigenvalue weighted by Gasteiger charge is -2.24. The van der Waals surface area contributed by atoms with Gasteiger partial charge in [-0.1, -0.05) is 60.7 Å². The summed E-state index contributed by atoms with van der Waals surface area (Å²) in [5.41, 5.74) is 2.11. The molecule has 2 heterocycles. The molecule has 0 spiro atoms. The number of alkyl halides is 3. The minimum absolute atomic E-state index is 0.405. The van der Waals surface area contributed by atoms with Gasteiger partial charge in [-0.25, -0.2) is 9.88 Å². The Morgan fingerprint density at radius 1 is 0.947 bits per heavy atom. The number of hydrogen-bond acceptors (Lipinski definition) is 5. The van der Waals surface area contributed by atoms with Crippen molar-refractivity contribution in [3.63, 3.8) is 0 Å². The molecule has 0 radical (unpaired) electrons. The summed E-state index contributed by atoms with van der Waals surface area (Å²) in [7, 11) is 0. The van der Waals surface area contributed by atoms with E-state index in [9.17, 15) is 13.2 Å². The van der Waals surface area contributed by atoms with Crippen molar-refractivity contribution < 1.29 is 32.1 Å². The summed E-state index contributed by atoms with van der Waals surface area (Å²) in [5, 5.41) is 18.7. The van der Waals surface area contributed by atoms with Crippen LogP contribution in [-0.2, 0) is 16.6 Å². The van der Waals surface area contributed by atoms with E-state index in [0.29, 0.717) is 6.04 Å². The molecule has 2 aliphatic heterocycles. The number of fused-ring (bicyclic) bond motifs is 7. The molecule has 1 saturated heterocycles. The van der Waals surface area contributed by atoms with Gasteiger partial charge in [0.2, 0.25) is 0 Å². The molecular formula is C27H24F3N2O4PS. The largest absolute Gasteiger partial charge is 0.490 e. The van der Waals surface area contributed by atoms with Gasteiger partial charge < -0.3 is 19.5 Å². The SMILES string of the molecule is O=C(O)C(F)(F)F.S=P1(NC[C@@H]2CCCN2)Oc2ccc3ccccc3c2-c2c(ccc3ccccc23)O1. The average Bonchev–Trinajstić information content (AvgIpc) is 3.37. The van der Waals surface area contributed by atoms with Crippen LogP contribution in [0.25, 0.3) is 32.7 Å². The van der Waals surface area contributed by atoms with Crippen LogP contribution in [0.2, 0.25) is 0 Å². The monoisotopic (exact) mass is 560 g/mol. The third kappa shape index (κ3) is 5.49. The van der Waals surface area contributed by atoms with Gasteiger partial charge in [-0.2, -0.15) is 13.2 Å². The minimum Gasteiger partial charge on any atom is -0.475 e. The predicted molar refractivity (Wildman–Crippen MR) is 145 cm³/mol. The molecule has 3 N–H and O–H groups in total. The highest BCUT2D eigenvalue weighted by atomic mass is 32.5. The Hall–Kier alpha value is -3.17. The van der Waals surface area contributed by atoms with Gasteiger partial charge in [0.15, 0.2) is 0 Å². The Labute approximate surface area is 222 Å². The summed E-state index contributed by atoms with van der Waals surface area (Å²) in [6.45, 7) is -0.991. The topological polar surface area (TPSA) is 79.8 Å². The maximum absolute atomic E-state index is 10.6. The number of carbonyl (C=O) groups is 1. The molecule has 38 heavy (non-hydrogen) atoms. The molecule has 6 nitrogen and oxygen atoms in total. The maximum atomic E-state index is 10.6. The van der Waals surface area contributed by atoms with Crippen LogP contribution in [0.1, 0.15) is 12.8 Å². The van der Waals surface area contributed by atoms with Crippen molar-refractivity contribution in [3.8, 4) is 22.6 Å². The lowest BCUT2D eigenvalue weighted by molar-refractivity contribution is -0.192. The van der Waals surface area contributed by atoms with Crippen LogP contribution < -0.4 is 19.5 Å². The Kier molecular flexibility index (Phi) is 7.33. The molecule has 198 valence electrons. The van der Waals surface area contributed by atoms with E-state index in [1.807, 2.05) is 12.1 Å². The van der Waals surface area contributed by atoms with E-state index in [4.69, 9.17) is 30.8 Å².